The lowest BCUT2D eigenvalue weighted by Gasteiger charge is -2.25. The van der Waals surface area contributed by atoms with Gasteiger partial charge in [0.2, 0.25) is 0 Å². The molecule has 0 aromatic heterocycles. The van der Waals surface area contributed by atoms with E-state index in [9.17, 15) is 0 Å². The predicted molar refractivity (Wildman–Crippen MR) is 82.6 cm³/mol. The van der Waals surface area contributed by atoms with Crippen molar-refractivity contribution in [1.29, 1.82) is 0 Å². The third-order valence-electron chi connectivity index (χ3n) is 3.57. The van der Waals surface area contributed by atoms with E-state index < -0.39 is 0 Å². The van der Waals surface area contributed by atoms with Gasteiger partial charge in [0.1, 0.15) is 5.75 Å². The summed E-state index contributed by atoms with van der Waals surface area (Å²) >= 11 is 0. The fraction of sp³-hybridized carbons (Fsp3) is 0.647. The van der Waals surface area contributed by atoms with Crippen LogP contribution in [0, 0.1) is 5.92 Å². The lowest BCUT2D eigenvalue weighted by Crippen LogP contribution is -2.37. The van der Waals surface area contributed by atoms with E-state index in [1.54, 1.807) is 0 Å². The Balaban J connectivity index is 2.57. The highest BCUT2D eigenvalue weighted by atomic mass is 16.5. The third kappa shape index (κ3) is 6.11. The van der Waals surface area contributed by atoms with Crippen LogP contribution in [0.4, 0.5) is 0 Å². The topological polar surface area (TPSA) is 21.3 Å². The highest BCUT2D eigenvalue weighted by molar-refractivity contribution is 5.33. The van der Waals surface area contributed by atoms with Crippen LogP contribution in [-0.4, -0.2) is 12.1 Å². The van der Waals surface area contributed by atoms with Crippen LogP contribution < -0.4 is 10.1 Å². The Bertz CT molecular complexity index is 371. The Labute approximate surface area is 118 Å². The van der Waals surface area contributed by atoms with Gasteiger partial charge in [-0.15, -0.1) is 0 Å². The smallest absolute Gasteiger partial charge is 0.123 e. The highest BCUT2D eigenvalue weighted by Crippen LogP contribution is 2.20. The summed E-state index contributed by atoms with van der Waals surface area (Å²) in [6, 6.07) is 8.32. The molecule has 108 valence electrons. The maximum Gasteiger partial charge on any atom is 0.123 e. The maximum absolute atomic E-state index is 5.91. The molecule has 0 atom stereocenters. The molecular formula is C17H29NO. The molecule has 0 heterocycles. The van der Waals surface area contributed by atoms with Crippen molar-refractivity contribution in [3.63, 3.8) is 0 Å². The number of ether oxygens (including phenoxy) is 1. The first kappa shape index (κ1) is 16.0. The Morgan fingerprint density at radius 2 is 1.89 bits per heavy atom. The van der Waals surface area contributed by atoms with Crippen LogP contribution in [0.3, 0.4) is 0 Å². The minimum atomic E-state index is 0.172. The van der Waals surface area contributed by atoms with Gasteiger partial charge < -0.3 is 10.1 Å². The summed E-state index contributed by atoms with van der Waals surface area (Å²) < 4.78 is 5.91. The van der Waals surface area contributed by atoms with Gasteiger partial charge in [-0.25, -0.2) is 0 Å². The summed E-state index contributed by atoms with van der Waals surface area (Å²) in [7, 11) is 0. The molecule has 19 heavy (non-hydrogen) atoms. The Kier molecular flexibility index (Phi) is 6.36. The molecule has 0 radical (unpaired) electrons. The number of rotatable bonds is 8. The lowest BCUT2D eigenvalue weighted by molar-refractivity contribution is 0.284. The van der Waals surface area contributed by atoms with Gasteiger partial charge in [-0.2, -0.15) is 0 Å². The molecule has 1 aromatic carbocycles. The van der Waals surface area contributed by atoms with Crippen LogP contribution in [0.2, 0.25) is 0 Å². The summed E-state index contributed by atoms with van der Waals surface area (Å²) in [6.07, 6.45) is 2.21. The van der Waals surface area contributed by atoms with Crippen molar-refractivity contribution in [3.05, 3.63) is 29.8 Å². The Morgan fingerprint density at radius 1 is 1.21 bits per heavy atom. The minimum absolute atomic E-state index is 0.172. The first-order valence-corrected chi connectivity index (χ1v) is 7.40. The molecule has 0 saturated carbocycles. The summed E-state index contributed by atoms with van der Waals surface area (Å²) in [6.45, 7) is 12.8. The summed E-state index contributed by atoms with van der Waals surface area (Å²) in [5.41, 5.74) is 1.41. The normalized spacial score (nSPS) is 11.9. The zero-order chi connectivity index (χ0) is 14.3. The number of hydrogen-bond acceptors (Lipinski definition) is 2. The van der Waals surface area contributed by atoms with Gasteiger partial charge in [0.15, 0.2) is 0 Å². The van der Waals surface area contributed by atoms with Gasteiger partial charge in [-0.1, -0.05) is 39.0 Å². The largest absolute Gasteiger partial charge is 0.493 e. The average Bonchev–Trinajstić information content (AvgIpc) is 2.37. The van der Waals surface area contributed by atoms with E-state index in [4.69, 9.17) is 4.74 Å². The zero-order valence-electron chi connectivity index (χ0n) is 13.1. The number of para-hydroxylation sites is 1. The van der Waals surface area contributed by atoms with Gasteiger partial charge in [0, 0.05) is 17.6 Å². The number of nitrogens with one attached hydrogen (secondary N) is 1. The monoisotopic (exact) mass is 263 g/mol. The van der Waals surface area contributed by atoms with Crippen molar-refractivity contribution in [2.45, 2.75) is 59.5 Å². The van der Waals surface area contributed by atoms with E-state index in [0.29, 0.717) is 5.92 Å². The van der Waals surface area contributed by atoms with Gasteiger partial charge >= 0.3 is 0 Å². The molecule has 0 unspecified atom stereocenters. The van der Waals surface area contributed by atoms with E-state index in [1.165, 1.54) is 5.56 Å². The fourth-order valence-electron chi connectivity index (χ4n) is 1.65. The average molecular weight is 263 g/mol. The van der Waals surface area contributed by atoms with Gasteiger partial charge in [0.05, 0.1) is 6.61 Å². The maximum atomic E-state index is 5.91. The lowest BCUT2D eigenvalue weighted by atomic mass is 10.0. The van der Waals surface area contributed by atoms with E-state index in [2.05, 4.69) is 58.1 Å². The molecule has 1 aromatic rings. The first-order valence-electron chi connectivity index (χ1n) is 7.40. The van der Waals surface area contributed by atoms with Crippen LogP contribution in [-0.2, 0) is 6.54 Å². The molecule has 1 N–H and O–H groups in total. The van der Waals surface area contributed by atoms with E-state index in [0.717, 1.165) is 31.7 Å². The second-order valence-electron chi connectivity index (χ2n) is 6.23. The predicted octanol–water partition coefficient (Wildman–Crippen LogP) is 4.39. The van der Waals surface area contributed by atoms with E-state index >= 15 is 0 Å². The molecule has 0 aliphatic heterocycles. The van der Waals surface area contributed by atoms with Gasteiger partial charge in [0.25, 0.3) is 0 Å². The first-order chi connectivity index (χ1) is 8.94. The second kappa shape index (κ2) is 7.54. The van der Waals surface area contributed by atoms with Crippen molar-refractivity contribution in [2.75, 3.05) is 6.61 Å². The van der Waals surface area contributed by atoms with Crippen LogP contribution in [0.15, 0.2) is 24.3 Å². The number of benzene rings is 1. The molecule has 1 rings (SSSR count). The molecule has 0 spiro atoms. The molecule has 0 amide bonds. The molecule has 0 aliphatic carbocycles. The SMILES string of the molecule is CCC(C)(C)NCc1ccccc1OCCC(C)C. The third-order valence-corrected chi connectivity index (χ3v) is 3.57. The molecule has 0 aliphatic rings. The summed E-state index contributed by atoms with van der Waals surface area (Å²) in [4.78, 5) is 0. The molecule has 2 nitrogen and oxygen atoms in total. The van der Waals surface area contributed by atoms with Crippen molar-refractivity contribution in [1.82, 2.24) is 5.32 Å². The van der Waals surface area contributed by atoms with Crippen molar-refractivity contribution < 1.29 is 4.74 Å². The van der Waals surface area contributed by atoms with E-state index in [-0.39, 0.29) is 5.54 Å². The van der Waals surface area contributed by atoms with Gasteiger partial charge in [-0.3, -0.25) is 0 Å². The van der Waals surface area contributed by atoms with Crippen LogP contribution >= 0.6 is 0 Å². The van der Waals surface area contributed by atoms with Gasteiger partial charge in [-0.05, 0) is 38.7 Å². The van der Waals surface area contributed by atoms with Crippen LogP contribution in [0.1, 0.15) is 53.0 Å². The quantitative estimate of drug-likeness (QED) is 0.751. The Hall–Kier alpha value is -1.02. The molecule has 0 bridgehead atoms. The second-order valence-corrected chi connectivity index (χ2v) is 6.23. The molecule has 2 heteroatoms. The van der Waals surface area contributed by atoms with Crippen molar-refractivity contribution >= 4 is 0 Å². The zero-order valence-corrected chi connectivity index (χ0v) is 13.1. The molecular weight excluding hydrogens is 234 g/mol. The fourth-order valence-corrected chi connectivity index (χ4v) is 1.65. The molecule has 0 saturated heterocycles. The standard InChI is InChI=1S/C17H29NO/c1-6-17(4,5)18-13-15-9-7-8-10-16(15)19-12-11-14(2)3/h7-10,14,18H,6,11-13H2,1-5H3. The highest BCUT2D eigenvalue weighted by Gasteiger charge is 2.14. The van der Waals surface area contributed by atoms with Crippen molar-refractivity contribution in [2.24, 2.45) is 5.92 Å². The molecule has 0 fully saturated rings. The minimum Gasteiger partial charge on any atom is -0.493 e. The van der Waals surface area contributed by atoms with Crippen LogP contribution in [0.5, 0.6) is 5.75 Å². The van der Waals surface area contributed by atoms with E-state index in [1.807, 2.05) is 6.07 Å². The summed E-state index contributed by atoms with van der Waals surface area (Å²) in [5, 5.41) is 3.58. The van der Waals surface area contributed by atoms with Crippen molar-refractivity contribution in [3.8, 4) is 5.75 Å². The summed E-state index contributed by atoms with van der Waals surface area (Å²) in [5.74, 6) is 1.70. The Morgan fingerprint density at radius 3 is 2.53 bits per heavy atom. The van der Waals surface area contributed by atoms with Crippen LogP contribution in [0.25, 0.3) is 0 Å². The number of hydrogen-bond donors (Lipinski definition) is 1.